The number of anilines is 1. The van der Waals surface area contributed by atoms with Gasteiger partial charge in [0.1, 0.15) is 12.1 Å². The predicted octanol–water partition coefficient (Wildman–Crippen LogP) is 0.703. The minimum Gasteiger partial charge on any atom is -0.464 e. The lowest BCUT2D eigenvalue weighted by Gasteiger charge is -2.32. The van der Waals surface area contributed by atoms with Crippen molar-refractivity contribution < 1.29 is 19.1 Å². The molecule has 1 N–H and O–H groups in total. The monoisotopic (exact) mass is 322 g/mol. The topological polar surface area (TPSA) is 93.7 Å². The normalized spacial score (nSPS) is 15.3. The van der Waals surface area contributed by atoms with E-state index in [4.69, 9.17) is 4.74 Å². The molecular formula is C15H22N4O4. The van der Waals surface area contributed by atoms with Gasteiger partial charge in [0.25, 0.3) is 0 Å². The Morgan fingerprint density at radius 2 is 2.04 bits per heavy atom. The van der Waals surface area contributed by atoms with Crippen LogP contribution in [0, 0.1) is 0 Å². The van der Waals surface area contributed by atoms with Crippen LogP contribution < -0.4 is 5.32 Å². The molecule has 1 fully saturated rings. The molecule has 23 heavy (non-hydrogen) atoms. The number of ether oxygens (including phenoxy) is 2. The molecular weight excluding hydrogens is 300 g/mol. The van der Waals surface area contributed by atoms with Gasteiger partial charge < -0.3 is 19.7 Å². The zero-order valence-corrected chi connectivity index (χ0v) is 13.4. The number of methoxy groups -OCH3 is 2. The fraction of sp³-hybridized carbons (Fsp3) is 0.600. The Morgan fingerprint density at radius 3 is 2.70 bits per heavy atom. The Hall–Kier alpha value is -2.22. The Balaban J connectivity index is 1.84. The van der Waals surface area contributed by atoms with Crippen LogP contribution in [-0.2, 0) is 14.3 Å². The molecule has 1 aromatic rings. The number of carbonyl (C=O) groups excluding carboxylic acids is 2. The molecule has 0 spiro atoms. The minimum absolute atomic E-state index is 0.125. The summed E-state index contributed by atoms with van der Waals surface area (Å²) in [6.07, 6.45) is 3.41. The Labute approximate surface area is 135 Å². The Bertz CT molecular complexity index is 544. The van der Waals surface area contributed by atoms with Crippen LogP contribution in [0.25, 0.3) is 0 Å². The largest absolute Gasteiger partial charge is 0.464 e. The third-order valence-electron chi connectivity index (χ3n) is 3.78. The molecule has 1 aromatic heterocycles. The van der Waals surface area contributed by atoms with E-state index in [0.717, 1.165) is 12.8 Å². The maximum atomic E-state index is 11.9. The fourth-order valence-electron chi connectivity index (χ4n) is 2.48. The maximum Gasteiger partial charge on any atom is 0.356 e. The van der Waals surface area contributed by atoms with Crippen molar-refractivity contribution >= 4 is 17.7 Å². The number of esters is 1. The van der Waals surface area contributed by atoms with Crippen molar-refractivity contribution in [1.82, 2.24) is 14.9 Å². The summed E-state index contributed by atoms with van der Waals surface area (Å²) in [6.45, 7) is 1.86. The van der Waals surface area contributed by atoms with Gasteiger partial charge in [-0.15, -0.1) is 0 Å². The van der Waals surface area contributed by atoms with E-state index < -0.39 is 5.97 Å². The van der Waals surface area contributed by atoms with Gasteiger partial charge in [-0.3, -0.25) is 4.79 Å². The summed E-state index contributed by atoms with van der Waals surface area (Å²) in [5.74, 6) is 0.221. The predicted molar refractivity (Wildman–Crippen MR) is 83.1 cm³/mol. The van der Waals surface area contributed by atoms with Gasteiger partial charge in [0.2, 0.25) is 5.91 Å². The van der Waals surface area contributed by atoms with Gasteiger partial charge in [-0.1, -0.05) is 0 Å². The van der Waals surface area contributed by atoms with Crippen LogP contribution in [0.5, 0.6) is 0 Å². The van der Waals surface area contributed by atoms with E-state index in [1.54, 1.807) is 13.2 Å². The highest BCUT2D eigenvalue weighted by atomic mass is 16.5. The average Bonchev–Trinajstić information content (AvgIpc) is 2.59. The molecule has 2 rings (SSSR count). The van der Waals surface area contributed by atoms with Gasteiger partial charge in [0.15, 0.2) is 5.69 Å². The molecule has 0 atom stereocenters. The first kappa shape index (κ1) is 17.1. The SMILES string of the molecule is COCCC(=O)N1CCC(Nc2cc(C(=O)OC)ncn2)CC1. The molecule has 0 radical (unpaired) electrons. The highest BCUT2D eigenvalue weighted by Crippen LogP contribution is 2.16. The fourth-order valence-corrected chi connectivity index (χ4v) is 2.48. The smallest absolute Gasteiger partial charge is 0.356 e. The van der Waals surface area contributed by atoms with E-state index in [1.807, 2.05) is 4.90 Å². The van der Waals surface area contributed by atoms with Gasteiger partial charge in [-0.2, -0.15) is 0 Å². The summed E-state index contributed by atoms with van der Waals surface area (Å²) in [4.78, 5) is 33.2. The van der Waals surface area contributed by atoms with Crippen LogP contribution in [0.1, 0.15) is 29.8 Å². The number of nitrogens with one attached hydrogen (secondary N) is 1. The standard InChI is InChI=1S/C15H22N4O4/c1-22-8-5-14(20)19-6-3-11(4-7-19)18-13-9-12(15(21)23-2)16-10-17-13/h9-11H,3-8H2,1-2H3,(H,16,17,18). The van der Waals surface area contributed by atoms with Crippen LogP contribution in [0.3, 0.4) is 0 Å². The molecule has 1 saturated heterocycles. The number of hydrogen-bond donors (Lipinski definition) is 1. The number of carbonyl (C=O) groups is 2. The molecule has 126 valence electrons. The molecule has 0 aliphatic carbocycles. The summed E-state index contributed by atoms with van der Waals surface area (Å²) < 4.78 is 9.57. The highest BCUT2D eigenvalue weighted by molar-refractivity contribution is 5.87. The van der Waals surface area contributed by atoms with Crippen LogP contribution in [-0.4, -0.2) is 66.7 Å². The molecule has 0 saturated carbocycles. The molecule has 0 bridgehead atoms. The first-order valence-corrected chi connectivity index (χ1v) is 7.57. The van der Waals surface area contributed by atoms with Crippen molar-refractivity contribution in [2.75, 3.05) is 39.2 Å². The Morgan fingerprint density at radius 1 is 1.30 bits per heavy atom. The summed E-state index contributed by atoms with van der Waals surface area (Å²) in [5, 5.41) is 3.28. The van der Waals surface area contributed by atoms with Crippen molar-refractivity contribution in [3.63, 3.8) is 0 Å². The summed E-state index contributed by atoms with van der Waals surface area (Å²) in [6, 6.07) is 1.78. The van der Waals surface area contributed by atoms with Crippen LogP contribution in [0.15, 0.2) is 12.4 Å². The summed E-state index contributed by atoms with van der Waals surface area (Å²) >= 11 is 0. The molecule has 0 aromatic carbocycles. The molecule has 2 heterocycles. The van der Waals surface area contributed by atoms with Crippen molar-refractivity contribution in [3.8, 4) is 0 Å². The first-order chi connectivity index (χ1) is 11.1. The quantitative estimate of drug-likeness (QED) is 0.771. The van der Waals surface area contributed by atoms with Crippen molar-refractivity contribution in [1.29, 1.82) is 0 Å². The molecule has 8 nitrogen and oxygen atoms in total. The minimum atomic E-state index is -0.492. The lowest BCUT2D eigenvalue weighted by Crippen LogP contribution is -2.42. The number of hydrogen-bond acceptors (Lipinski definition) is 7. The van der Waals surface area contributed by atoms with Gasteiger partial charge in [0.05, 0.1) is 20.1 Å². The number of amides is 1. The zero-order chi connectivity index (χ0) is 16.7. The second-order valence-electron chi connectivity index (χ2n) is 5.32. The number of rotatable bonds is 6. The van der Waals surface area contributed by atoms with E-state index >= 15 is 0 Å². The number of aromatic nitrogens is 2. The van der Waals surface area contributed by atoms with Gasteiger partial charge in [0, 0.05) is 32.3 Å². The number of piperidine rings is 1. The molecule has 1 aliphatic heterocycles. The summed E-state index contributed by atoms with van der Waals surface area (Å²) in [7, 11) is 2.90. The second kappa shape index (κ2) is 8.42. The lowest BCUT2D eigenvalue weighted by atomic mass is 10.0. The molecule has 0 unspecified atom stereocenters. The van der Waals surface area contributed by atoms with Gasteiger partial charge >= 0.3 is 5.97 Å². The van der Waals surface area contributed by atoms with E-state index in [9.17, 15) is 9.59 Å². The summed E-state index contributed by atoms with van der Waals surface area (Å²) in [5.41, 5.74) is 0.220. The highest BCUT2D eigenvalue weighted by Gasteiger charge is 2.22. The first-order valence-electron chi connectivity index (χ1n) is 7.57. The lowest BCUT2D eigenvalue weighted by molar-refractivity contribution is -0.133. The molecule has 1 aliphatic rings. The maximum absolute atomic E-state index is 11.9. The zero-order valence-electron chi connectivity index (χ0n) is 13.4. The Kier molecular flexibility index (Phi) is 6.28. The third kappa shape index (κ3) is 4.88. The number of nitrogens with zero attached hydrogens (tertiary/aromatic N) is 3. The van der Waals surface area contributed by atoms with E-state index in [-0.39, 0.29) is 17.6 Å². The van der Waals surface area contributed by atoms with E-state index in [0.29, 0.717) is 31.9 Å². The second-order valence-corrected chi connectivity index (χ2v) is 5.32. The van der Waals surface area contributed by atoms with E-state index in [1.165, 1.54) is 13.4 Å². The third-order valence-corrected chi connectivity index (χ3v) is 3.78. The number of likely N-dealkylation sites (tertiary alicyclic amines) is 1. The van der Waals surface area contributed by atoms with Crippen molar-refractivity contribution in [2.45, 2.75) is 25.3 Å². The van der Waals surface area contributed by atoms with Crippen molar-refractivity contribution in [2.24, 2.45) is 0 Å². The van der Waals surface area contributed by atoms with E-state index in [2.05, 4.69) is 20.0 Å². The van der Waals surface area contributed by atoms with Crippen LogP contribution >= 0.6 is 0 Å². The van der Waals surface area contributed by atoms with Crippen molar-refractivity contribution in [3.05, 3.63) is 18.1 Å². The van der Waals surface area contributed by atoms with Gasteiger partial charge in [-0.05, 0) is 12.8 Å². The molecule has 1 amide bonds. The van der Waals surface area contributed by atoms with Crippen LogP contribution in [0.2, 0.25) is 0 Å². The van der Waals surface area contributed by atoms with Gasteiger partial charge in [-0.25, -0.2) is 14.8 Å². The average molecular weight is 322 g/mol. The van der Waals surface area contributed by atoms with Crippen LogP contribution in [0.4, 0.5) is 5.82 Å². The molecule has 8 heteroatoms.